The van der Waals surface area contributed by atoms with Gasteiger partial charge in [0.1, 0.15) is 0 Å². The van der Waals surface area contributed by atoms with Gasteiger partial charge < -0.3 is 10.6 Å². The third-order valence-electron chi connectivity index (χ3n) is 6.63. The van der Waals surface area contributed by atoms with Crippen LogP contribution in [0.1, 0.15) is 31.2 Å². The summed E-state index contributed by atoms with van der Waals surface area (Å²) < 4.78 is 23.4. The second-order valence-electron chi connectivity index (χ2n) is 8.96. The predicted molar refractivity (Wildman–Crippen MR) is 128 cm³/mol. The largest absolute Gasteiger partial charge is 0.334 e. The highest BCUT2D eigenvalue weighted by Gasteiger charge is 2.38. The van der Waals surface area contributed by atoms with Gasteiger partial charge in [-0.3, -0.25) is 4.90 Å². The van der Waals surface area contributed by atoms with Crippen LogP contribution < -0.4 is 10.6 Å². The molecule has 8 heteroatoms. The molecule has 0 spiro atoms. The van der Waals surface area contributed by atoms with Crippen molar-refractivity contribution in [3.05, 3.63) is 59.1 Å². The Kier molecular flexibility index (Phi) is 7.08. The van der Waals surface area contributed by atoms with Crippen molar-refractivity contribution in [2.75, 3.05) is 24.7 Å². The number of piperidine rings is 1. The number of sulfone groups is 1. The molecule has 1 saturated heterocycles. The van der Waals surface area contributed by atoms with Crippen LogP contribution in [-0.2, 0) is 16.3 Å². The number of hydrogen-bond acceptors (Lipinski definition) is 4. The minimum Gasteiger partial charge on any atom is -0.334 e. The lowest BCUT2D eigenvalue weighted by Gasteiger charge is -2.47. The highest BCUT2D eigenvalue weighted by molar-refractivity contribution is 7.90. The van der Waals surface area contributed by atoms with Crippen molar-refractivity contribution < 1.29 is 13.2 Å². The van der Waals surface area contributed by atoms with E-state index in [-0.39, 0.29) is 17.0 Å². The monoisotopic (exact) mass is 475 g/mol. The van der Waals surface area contributed by atoms with E-state index in [1.165, 1.54) is 17.7 Å². The Morgan fingerprint density at radius 1 is 1.06 bits per heavy atom. The number of anilines is 1. The zero-order valence-electron chi connectivity index (χ0n) is 18.3. The molecule has 4 rings (SSSR count). The molecule has 2 N–H and O–H groups in total. The van der Waals surface area contributed by atoms with Gasteiger partial charge in [0, 0.05) is 29.0 Å². The summed E-state index contributed by atoms with van der Waals surface area (Å²) in [6.07, 6.45) is 6.63. The number of likely N-dealkylation sites (tertiary alicyclic amines) is 1. The third kappa shape index (κ3) is 5.82. The third-order valence-corrected chi connectivity index (χ3v) is 7.99. The van der Waals surface area contributed by atoms with E-state index < -0.39 is 9.84 Å². The quantitative estimate of drug-likeness (QED) is 0.651. The molecule has 1 heterocycles. The molecule has 1 saturated carbocycles. The summed E-state index contributed by atoms with van der Waals surface area (Å²) in [6, 6.07) is 14.7. The zero-order chi connectivity index (χ0) is 22.7. The zero-order valence-corrected chi connectivity index (χ0v) is 19.8. The summed E-state index contributed by atoms with van der Waals surface area (Å²) in [5.41, 5.74) is 1.82. The first kappa shape index (κ1) is 23.1. The van der Waals surface area contributed by atoms with Crippen molar-refractivity contribution in [3.8, 4) is 0 Å². The Bertz CT molecular complexity index is 1050. The number of hydrogen-bond donors (Lipinski definition) is 2. The number of nitrogens with one attached hydrogen (secondary N) is 2. The van der Waals surface area contributed by atoms with E-state index in [4.69, 9.17) is 11.6 Å². The van der Waals surface area contributed by atoms with Crippen molar-refractivity contribution in [2.24, 2.45) is 5.92 Å². The van der Waals surface area contributed by atoms with Gasteiger partial charge in [-0.25, -0.2) is 13.2 Å². The van der Waals surface area contributed by atoms with Crippen LogP contribution in [0, 0.1) is 5.92 Å². The van der Waals surface area contributed by atoms with Crippen molar-refractivity contribution in [3.63, 3.8) is 0 Å². The maximum atomic E-state index is 12.5. The molecule has 2 amide bonds. The van der Waals surface area contributed by atoms with Gasteiger partial charge in [0.15, 0.2) is 9.84 Å². The second kappa shape index (κ2) is 9.81. The molecule has 1 aliphatic heterocycles. The molecule has 32 heavy (non-hydrogen) atoms. The van der Waals surface area contributed by atoms with Crippen LogP contribution in [0.3, 0.4) is 0 Å². The van der Waals surface area contributed by atoms with Crippen molar-refractivity contribution in [2.45, 2.75) is 49.1 Å². The molecule has 0 radical (unpaired) electrons. The highest BCUT2D eigenvalue weighted by Crippen LogP contribution is 2.31. The fourth-order valence-electron chi connectivity index (χ4n) is 4.67. The van der Waals surface area contributed by atoms with Gasteiger partial charge >= 0.3 is 6.03 Å². The molecule has 0 aromatic heterocycles. The molecule has 2 aromatic rings. The molecule has 0 bridgehead atoms. The summed E-state index contributed by atoms with van der Waals surface area (Å²) >= 11 is 5.99. The van der Waals surface area contributed by atoms with Crippen molar-refractivity contribution in [1.29, 1.82) is 0 Å². The first-order valence-electron chi connectivity index (χ1n) is 11.1. The SMILES string of the molecule is CS(=O)(=O)c1cccc(NC(=O)NC2CCC2N2CCC(Cc3ccc(Cl)cc3)CC2)c1. The van der Waals surface area contributed by atoms with Crippen LogP contribution >= 0.6 is 11.6 Å². The molecular weight excluding hydrogens is 446 g/mol. The van der Waals surface area contributed by atoms with Gasteiger partial charge in [0.25, 0.3) is 0 Å². The lowest BCUT2D eigenvalue weighted by atomic mass is 9.82. The van der Waals surface area contributed by atoms with Crippen LogP contribution in [-0.4, -0.2) is 50.8 Å². The number of rotatable bonds is 6. The highest BCUT2D eigenvalue weighted by atomic mass is 35.5. The summed E-state index contributed by atoms with van der Waals surface area (Å²) in [7, 11) is -3.31. The van der Waals surface area contributed by atoms with E-state index in [0.717, 1.165) is 56.5 Å². The molecule has 2 atom stereocenters. The maximum absolute atomic E-state index is 12.5. The Hall–Kier alpha value is -2.09. The lowest BCUT2D eigenvalue weighted by Crippen LogP contribution is -2.60. The first-order valence-corrected chi connectivity index (χ1v) is 13.4. The average Bonchev–Trinajstić information content (AvgIpc) is 2.74. The van der Waals surface area contributed by atoms with E-state index >= 15 is 0 Å². The minimum absolute atomic E-state index is 0.126. The van der Waals surface area contributed by atoms with Crippen LogP contribution in [0.5, 0.6) is 0 Å². The Labute approximate surface area is 195 Å². The maximum Gasteiger partial charge on any atom is 0.319 e. The predicted octanol–water partition coefficient (Wildman–Crippen LogP) is 4.35. The summed E-state index contributed by atoms with van der Waals surface area (Å²) in [4.78, 5) is 15.2. The van der Waals surface area contributed by atoms with Crippen molar-refractivity contribution in [1.82, 2.24) is 10.2 Å². The van der Waals surface area contributed by atoms with Crippen LogP contribution in [0.4, 0.5) is 10.5 Å². The molecule has 2 fully saturated rings. The van der Waals surface area contributed by atoms with Crippen LogP contribution in [0.15, 0.2) is 53.4 Å². The number of benzene rings is 2. The summed E-state index contributed by atoms with van der Waals surface area (Å²) in [5, 5.41) is 6.62. The van der Waals surface area contributed by atoms with E-state index in [0.29, 0.717) is 17.6 Å². The second-order valence-corrected chi connectivity index (χ2v) is 11.4. The molecule has 172 valence electrons. The van der Waals surface area contributed by atoms with Crippen LogP contribution in [0.2, 0.25) is 5.02 Å². The van der Waals surface area contributed by atoms with Gasteiger partial charge in [0.2, 0.25) is 0 Å². The lowest BCUT2D eigenvalue weighted by molar-refractivity contribution is 0.0581. The summed E-state index contributed by atoms with van der Waals surface area (Å²) in [6.45, 7) is 2.11. The number of carbonyl (C=O) groups excluding carboxylic acids is 1. The number of amides is 2. The fourth-order valence-corrected chi connectivity index (χ4v) is 5.46. The standard InChI is InChI=1S/C24H30ClN3O3S/c1-32(30,31)21-4-2-3-20(16-21)26-24(29)27-22-9-10-23(22)28-13-11-18(12-14-28)15-17-5-7-19(25)8-6-17/h2-8,16,18,22-23H,9-15H2,1H3,(H2,26,27,29). The Morgan fingerprint density at radius 3 is 2.41 bits per heavy atom. The van der Waals surface area contributed by atoms with E-state index in [1.807, 2.05) is 12.1 Å². The first-order chi connectivity index (χ1) is 15.3. The van der Waals surface area contributed by atoms with E-state index in [1.54, 1.807) is 12.1 Å². The average molecular weight is 476 g/mol. The van der Waals surface area contributed by atoms with Gasteiger partial charge in [-0.05, 0) is 87.0 Å². The molecule has 6 nitrogen and oxygen atoms in total. The normalized spacial score (nSPS) is 22.2. The summed E-state index contributed by atoms with van der Waals surface area (Å²) in [5.74, 6) is 0.685. The number of urea groups is 1. The fraction of sp³-hybridized carbons (Fsp3) is 0.458. The number of nitrogens with zero attached hydrogens (tertiary/aromatic N) is 1. The minimum atomic E-state index is -3.31. The Morgan fingerprint density at radius 2 is 1.78 bits per heavy atom. The van der Waals surface area contributed by atoms with Gasteiger partial charge in [-0.15, -0.1) is 0 Å². The topological polar surface area (TPSA) is 78.5 Å². The van der Waals surface area contributed by atoms with Crippen molar-refractivity contribution >= 4 is 33.2 Å². The van der Waals surface area contributed by atoms with Gasteiger partial charge in [-0.2, -0.15) is 0 Å². The smallest absolute Gasteiger partial charge is 0.319 e. The number of halogens is 1. The van der Waals surface area contributed by atoms with E-state index in [2.05, 4.69) is 27.7 Å². The van der Waals surface area contributed by atoms with E-state index in [9.17, 15) is 13.2 Å². The molecule has 2 unspecified atom stereocenters. The van der Waals surface area contributed by atoms with Gasteiger partial charge in [-0.1, -0.05) is 29.8 Å². The van der Waals surface area contributed by atoms with Crippen LogP contribution in [0.25, 0.3) is 0 Å². The molecule has 1 aliphatic carbocycles. The molecular formula is C24H30ClN3O3S. The van der Waals surface area contributed by atoms with Gasteiger partial charge in [0.05, 0.1) is 4.90 Å². The molecule has 2 aromatic carbocycles. The number of carbonyl (C=O) groups is 1. The Balaban J connectivity index is 1.25. The molecule has 2 aliphatic rings.